The van der Waals surface area contributed by atoms with Gasteiger partial charge in [-0.3, -0.25) is 4.79 Å². The maximum absolute atomic E-state index is 12.6. The SMILES string of the molecule is CCCCSc1nnc(-c2ccc(NC(=O)c3ccc(C(C)(C)C)cc3)cc2)n1C. The fourth-order valence-corrected chi connectivity index (χ4v) is 4.02. The van der Waals surface area contributed by atoms with Gasteiger partial charge in [0.05, 0.1) is 0 Å². The predicted octanol–water partition coefficient (Wildman–Crippen LogP) is 5.92. The first-order valence-corrected chi connectivity index (χ1v) is 11.3. The Morgan fingerprint density at radius 3 is 2.30 bits per heavy atom. The molecule has 1 amide bonds. The van der Waals surface area contributed by atoms with E-state index in [0.29, 0.717) is 5.56 Å². The second-order valence-electron chi connectivity index (χ2n) is 8.43. The molecule has 1 N–H and O–H groups in total. The van der Waals surface area contributed by atoms with E-state index in [2.05, 4.69) is 43.2 Å². The minimum Gasteiger partial charge on any atom is -0.322 e. The number of carbonyl (C=O) groups is 1. The smallest absolute Gasteiger partial charge is 0.255 e. The van der Waals surface area contributed by atoms with Crippen molar-refractivity contribution in [1.29, 1.82) is 0 Å². The molecule has 0 aliphatic rings. The van der Waals surface area contributed by atoms with Gasteiger partial charge in [-0.2, -0.15) is 0 Å². The normalized spacial score (nSPS) is 11.5. The van der Waals surface area contributed by atoms with Crippen LogP contribution in [-0.4, -0.2) is 26.4 Å². The molecule has 0 aliphatic heterocycles. The summed E-state index contributed by atoms with van der Waals surface area (Å²) in [6.45, 7) is 8.67. The number of nitrogens with zero attached hydrogens (tertiary/aromatic N) is 3. The number of nitrogens with one attached hydrogen (secondary N) is 1. The van der Waals surface area contributed by atoms with Gasteiger partial charge in [-0.05, 0) is 53.8 Å². The zero-order valence-electron chi connectivity index (χ0n) is 18.4. The fraction of sp³-hybridized carbons (Fsp3) is 0.375. The number of aromatic nitrogens is 3. The summed E-state index contributed by atoms with van der Waals surface area (Å²) in [5.41, 5.74) is 3.65. The Kier molecular flexibility index (Phi) is 6.98. The van der Waals surface area contributed by atoms with E-state index in [9.17, 15) is 4.79 Å². The van der Waals surface area contributed by atoms with Crippen LogP contribution < -0.4 is 5.32 Å². The molecular weight excluding hydrogens is 392 g/mol. The number of hydrogen-bond acceptors (Lipinski definition) is 4. The van der Waals surface area contributed by atoms with Gasteiger partial charge in [-0.15, -0.1) is 10.2 Å². The highest BCUT2D eigenvalue weighted by molar-refractivity contribution is 7.99. The van der Waals surface area contributed by atoms with Crippen LogP contribution in [0, 0.1) is 0 Å². The largest absolute Gasteiger partial charge is 0.322 e. The minimum atomic E-state index is -0.114. The van der Waals surface area contributed by atoms with E-state index < -0.39 is 0 Å². The van der Waals surface area contributed by atoms with Gasteiger partial charge in [-0.25, -0.2) is 0 Å². The van der Waals surface area contributed by atoms with Crippen molar-refractivity contribution < 1.29 is 4.79 Å². The average Bonchev–Trinajstić information content (AvgIpc) is 3.09. The first-order valence-electron chi connectivity index (χ1n) is 10.3. The van der Waals surface area contributed by atoms with E-state index in [1.54, 1.807) is 11.8 Å². The lowest BCUT2D eigenvalue weighted by atomic mass is 9.87. The van der Waals surface area contributed by atoms with Crippen molar-refractivity contribution in [2.45, 2.75) is 51.1 Å². The van der Waals surface area contributed by atoms with Crippen LogP contribution in [0.1, 0.15) is 56.5 Å². The van der Waals surface area contributed by atoms with E-state index >= 15 is 0 Å². The average molecular weight is 423 g/mol. The van der Waals surface area contributed by atoms with E-state index in [-0.39, 0.29) is 11.3 Å². The number of amides is 1. The molecule has 6 heteroatoms. The van der Waals surface area contributed by atoms with Crippen LogP contribution in [0.2, 0.25) is 0 Å². The second kappa shape index (κ2) is 9.47. The lowest BCUT2D eigenvalue weighted by Gasteiger charge is -2.19. The molecule has 3 aromatic rings. The number of thioether (sulfide) groups is 1. The molecule has 30 heavy (non-hydrogen) atoms. The van der Waals surface area contributed by atoms with Gasteiger partial charge >= 0.3 is 0 Å². The van der Waals surface area contributed by atoms with Gasteiger partial charge in [0.25, 0.3) is 5.91 Å². The summed E-state index contributed by atoms with van der Waals surface area (Å²) in [6, 6.07) is 15.5. The topological polar surface area (TPSA) is 59.8 Å². The molecule has 2 aromatic carbocycles. The van der Waals surface area contributed by atoms with Crippen molar-refractivity contribution in [3.8, 4) is 11.4 Å². The zero-order valence-corrected chi connectivity index (χ0v) is 19.2. The number of anilines is 1. The van der Waals surface area contributed by atoms with Crippen LogP contribution in [0.3, 0.4) is 0 Å². The molecule has 0 unspecified atom stereocenters. The Balaban J connectivity index is 1.67. The molecule has 0 atom stereocenters. The molecule has 0 aliphatic carbocycles. The summed E-state index contributed by atoms with van der Waals surface area (Å²) in [5, 5.41) is 12.5. The van der Waals surface area contributed by atoms with Crippen LogP contribution in [0.5, 0.6) is 0 Å². The van der Waals surface area contributed by atoms with E-state index in [1.165, 1.54) is 18.4 Å². The van der Waals surface area contributed by atoms with Crippen molar-refractivity contribution in [2.75, 3.05) is 11.1 Å². The van der Waals surface area contributed by atoms with Crippen LogP contribution in [0.4, 0.5) is 5.69 Å². The zero-order chi connectivity index (χ0) is 21.7. The Morgan fingerprint density at radius 1 is 1.03 bits per heavy atom. The van der Waals surface area contributed by atoms with Gasteiger partial charge in [0.1, 0.15) is 0 Å². The lowest BCUT2D eigenvalue weighted by Crippen LogP contribution is -2.14. The maximum atomic E-state index is 12.6. The highest BCUT2D eigenvalue weighted by Gasteiger charge is 2.15. The quantitative estimate of drug-likeness (QED) is 0.379. The Labute approximate surface area is 183 Å². The van der Waals surface area contributed by atoms with Crippen LogP contribution >= 0.6 is 11.8 Å². The number of benzene rings is 2. The van der Waals surface area contributed by atoms with Crippen molar-refractivity contribution in [2.24, 2.45) is 7.05 Å². The summed E-state index contributed by atoms with van der Waals surface area (Å²) >= 11 is 1.73. The molecule has 0 saturated heterocycles. The van der Waals surface area contributed by atoms with Gasteiger partial charge < -0.3 is 9.88 Å². The first-order chi connectivity index (χ1) is 14.3. The monoisotopic (exact) mass is 422 g/mol. The fourth-order valence-electron chi connectivity index (χ4n) is 3.03. The summed E-state index contributed by atoms with van der Waals surface area (Å²) in [6.07, 6.45) is 2.34. The number of hydrogen-bond donors (Lipinski definition) is 1. The van der Waals surface area contributed by atoms with E-state index in [1.807, 2.05) is 60.1 Å². The van der Waals surface area contributed by atoms with Crippen molar-refractivity contribution in [1.82, 2.24) is 14.8 Å². The summed E-state index contributed by atoms with van der Waals surface area (Å²) < 4.78 is 2.02. The van der Waals surface area contributed by atoms with Crippen LogP contribution in [0.25, 0.3) is 11.4 Å². The third kappa shape index (κ3) is 5.30. The molecule has 158 valence electrons. The molecule has 1 aromatic heterocycles. The summed E-state index contributed by atoms with van der Waals surface area (Å²) in [4.78, 5) is 12.6. The molecule has 1 heterocycles. The highest BCUT2D eigenvalue weighted by Crippen LogP contribution is 2.25. The highest BCUT2D eigenvalue weighted by atomic mass is 32.2. The molecule has 0 saturated carbocycles. The summed E-state index contributed by atoms with van der Waals surface area (Å²) in [5.74, 6) is 1.76. The van der Waals surface area contributed by atoms with Crippen molar-refractivity contribution in [3.63, 3.8) is 0 Å². The molecular formula is C24H30N4OS. The molecule has 0 fully saturated rings. The number of unbranched alkanes of at least 4 members (excludes halogenated alkanes) is 1. The maximum Gasteiger partial charge on any atom is 0.255 e. The standard InChI is InChI=1S/C24H30N4OS/c1-6-7-16-30-23-27-26-21(28(23)5)17-10-14-20(15-11-17)25-22(29)18-8-12-19(13-9-18)24(2,3)4/h8-15H,6-7,16H2,1-5H3,(H,25,29). The van der Waals surface area contributed by atoms with Crippen molar-refractivity contribution in [3.05, 3.63) is 59.7 Å². The molecule has 0 spiro atoms. The van der Waals surface area contributed by atoms with E-state index in [0.717, 1.165) is 28.0 Å². The third-order valence-corrected chi connectivity index (χ3v) is 6.08. The molecule has 3 rings (SSSR count). The number of rotatable bonds is 7. The lowest BCUT2D eigenvalue weighted by molar-refractivity contribution is 0.102. The first kappa shape index (κ1) is 22.1. The summed E-state index contributed by atoms with van der Waals surface area (Å²) in [7, 11) is 1.99. The Morgan fingerprint density at radius 2 is 1.70 bits per heavy atom. The molecule has 0 bridgehead atoms. The van der Waals surface area contributed by atoms with Gasteiger partial charge in [-0.1, -0.05) is 58.0 Å². The third-order valence-electron chi connectivity index (χ3n) is 4.98. The van der Waals surface area contributed by atoms with Gasteiger partial charge in [0, 0.05) is 29.6 Å². The molecule has 5 nitrogen and oxygen atoms in total. The minimum absolute atomic E-state index is 0.0685. The van der Waals surface area contributed by atoms with Gasteiger partial charge in [0.15, 0.2) is 11.0 Å². The van der Waals surface area contributed by atoms with Crippen molar-refractivity contribution >= 4 is 23.4 Å². The molecule has 0 radical (unpaired) electrons. The van der Waals surface area contributed by atoms with Gasteiger partial charge in [0.2, 0.25) is 0 Å². The van der Waals surface area contributed by atoms with E-state index in [4.69, 9.17) is 0 Å². The predicted molar refractivity (Wildman–Crippen MR) is 125 cm³/mol. The number of carbonyl (C=O) groups excluding carboxylic acids is 1. The van der Waals surface area contributed by atoms with Crippen LogP contribution in [-0.2, 0) is 12.5 Å². The Hall–Kier alpha value is -2.60. The van der Waals surface area contributed by atoms with Crippen LogP contribution in [0.15, 0.2) is 53.7 Å². The second-order valence-corrected chi connectivity index (χ2v) is 9.49. The Bertz CT molecular complexity index is 986.